The van der Waals surface area contributed by atoms with Gasteiger partial charge < -0.3 is 35.6 Å². The molecule has 2 aromatic rings. The number of esters is 1. The number of carbonyl (C=O) groups is 2. The Morgan fingerprint density at radius 1 is 1.22 bits per heavy atom. The van der Waals surface area contributed by atoms with E-state index in [1.165, 1.54) is 36.4 Å². The first-order valence-electron chi connectivity index (χ1n) is 9.30. The highest BCUT2D eigenvalue weighted by Crippen LogP contribution is 2.37. The second-order valence-corrected chi connectivity index (χ2v) is 8.48. The van der Waals surface area contributed by atoms with E-state index in [0.717, 1.165) is 0 Å². The molecule has 0 heterocycles. The third-order valence-corrected chi connectivity index (χ3v) is 4.44. The van der Waals surface area contributed by atoms with Crippen molar-refractivity contribution in [2.75, 3.05) is 11.9 Å². The van der Waals surface area contributed by atoms with Gasteiger partial charge in [0, 0.05) is 21.8 Å². The number of nitrogens with one attached hydrogen (secondary N) is 1. The lowest BCUT2D eigenvalue weighted by Gasteiger charge is -2.25. The van der Waals surface area contributed by atoms with Gasteiger partial charge in [0.15, 0.2) is 12.4 Å². The lowest BCUT2D eigenvalue weighted by molar-refractivity contribution is -0.307. The number of amidine groups is 1. The molecule has 0 aliphatic heterocycles. The average Bonchev–Trinajstić information content (AvgIpc) is 2.69. The maximum atomic E-state index is 12.0. The Morgan fingerprint density at radius 3 is 2.38 bits per heavy atom. The fourth-order valence-electron chi connectivity index (χ4n) is 2.67. The van der Waals surface area contributed by atoms with Gasteiger partial charge in [-0.25, -0.2) is 4.79 Å². The van der Waals surface area contributed by atoms with Gasteiger partial charge in [0.05, 0.1) is 17.0 Å². The Hall–Kier alpha value is -3.17. The van der Waals surface area contributed by atoms with Crippen LogP contribution in [0.2, 0.25) is 10.0 Å². The molecule has 1 unspecified atom stereocenters. The first kappa shape index (κ1) is 25.1. The van der Waals surface area contributed by atoms with E-state index < -0.39 is 30.2 Å². The second kappa shape index (κ2) is 10.4. The lowest BCUT2D eigenvalue weighted by atomic mass is 10.0. The first-order chi connectivity index (χ1) is 14.9. The van der Waals surface area contributed by atoms with Gasteiger partial charge >= 0.3 is 5.97 Å². The summed E-state index contributed by atoms with van der Waals surface area (Å²) in [6.45, 7) is 4.60. The van der Waals surface area contributed by atoms with Crippen LogP contribution in [0.3, 0.4) is 0 Å². The lowest BCUT2D eigenvalue weighted by Crippen LogP contribution is -2.35. The number of anilines is 1. The maximum Gasteiger partial charge on any atom is 0.344 e. The normalized spacial score (nSPS) is 12.7. The van der Waals surface area contributed by atoms with Crippen molar-refractivity contribution < 1.29 is 29.4 Å². The summed E-state index contributed by atoms with van der Waals surface area (Å²) in [7, 11) is 0. The molecule has 0 amide bonds. The number of benzene rings is 2. The van der Waals surface area contributed by atoms with Crippen molar-refractivity contribution in [2.45, 2.75) is 32.4 Å². The van der Waals surface area contributed by atoms with Crippen LogP contribution in [0.5, 0.6) is 5.75 Å². The molecule has 0 spiro atoms. The van der Waals surface area contributed by atoms with Crippen LogP contribution in [0.1, 0.15) is 37.9 Å². The average molecular weight is 483 g/mol. The largest absolute Gasteiger partial charge is 0.548 e. The van der Waals surface area contributed by atoms with Gasteiger partial charge in [-0.2, -0.15) is 0 Å². The Bertz CT molecular complexity index is 1020. The predicted octanol–water partition coefficient (Wildman–Crippen LogP) is 2.71. The molecule has 0 bridgehead atoms. The van der Waals surface area contributed by atoms with E-state index in [0.29, 0.717) is 11.3 Å². The highest BCUT2D eigenvalue weighted by molar-refractivity contribution is 6.35. The minimum atomic E-state index is -1.49. The van der Waals surface area contributed by atoms with E-state index in [1.807, 2.05) is 0 Å². The third-order valence-electron chi connectivity index (χ3n) is 3.94. The van der Waals surface area contributed by atoms with Crippen molar-refractivity contribution >= 4 is 46.7 Å². The topological polar surface area (TPSA) is 146 Å². The fourth-order valence-corrected chi connectivity index (χ4v) is 3.24. The number of carbonyl (C=O) groups excluding carboxylic acids is 2. The molecule has 0 aromatic heterocycles. The summed E-state index contributed by atoms with van der Waals surface area (Å²) in [5.41, 5.74) is 5.65. The standard InChI is InChI=1S/C21H23Cl2N3O6/c1-21(2,3)32-16(27)10-31-18-14(8-12(22)9-15(18)23)17(20(28)29)25-13-6-4-11(5-7-13)19(24)26-30/h4-9,17,25,30H,10H2,1-3H3,(H2,24,26)(H,28,29)/p-1. The molecule has 0 aliphatic rings. The van der Waals surface area contributed by atoms with Crippen molar-refractivity contribution in [1.29, 1.82) is 0 Å². The highest BCUT2D eigenvalue weighted by atomic mass is 35.5. The first-order valence-corrected chi connectivity index (χ1v) is 10.1. The van der Waals surface area contributed by atoms with Crippen LogP contribution >= 0.6 is 23.2 Å². The molecule has 2 rings (SSSR count). The van der Waals surface area contributed by atoms with E-state index in [1.54, 1.807) is 20.8 Å². The zero-order valence-electron chi connectivity index (χ0n) is 17.5. The number of nitrogens with zero attached hydrogens (tertiary/aromatic N) is 1. The number of oxime groups is 1. The van der Waals surface area contributed by atoms with E-state index in [4.69, 9.17) is 43.6 Å². The molecular formula is C21H22Cl2N3O6-. The molecule has 0 aliphatic carbocycles. The smallest absolute Gasteiger partial charge is 0.344 e. The predicted molar refractivity (Wildman–Crippen MR) is 118 cm³/mol. The number of nitrogens with two attached hydrogens (primary N) is 1. The van der Waals surface area contributed by atoms with E-state index in [-0.39, 0.29) is 27.2 Å². The van der Waals surface area contributed by atoms with Crippen LogP contribution < -0.4 is 20.9 Å². The Labute approximate surface area is 194 Å². The minimum absolute atomic E-state index is 0.00591. The molecule has 4 N–H and O–H groups in total. The quantitative estimate of drug-likeness (QED) is 0.171. The molecule has 0 fully saturated rings. The molecular weight excluding hydrogens is 461 g/mol. The summed E-state index contributed by atoms with van der Waals surface area (Å²) in [5, 5.41) is 26.5. The van der Waals surface area contributed by atoms with Crippen LogP contribution in [-0.4, -0.2) is 35.2 Å². The van der Waals surface area contributed by atoms with Crippen LogP contribution in [0.25, 0.3) is 0 Å². The number of halogens is 2. The third kappa shape index (κ3) is 6.93. The molecule has 2 aromatic carbocycles. The monoisotopic (exact) mass is 482 g/mol. The summed E-state index contributed by atoms with van der Waals surface area (Å²) in [5.74, 6) is -2.32. The highest BCUT2D eigenvalue weighted by Gasteiger charge is 2.23. The summed E-state index contributed by atoms with van der Waals surface area (Å²) in [6, 6.07) is 7.36. The van der Waals surface area contributed by atoms with Crippen LogP contribution in [0.4, 0.5) is 5.69 Å². The number of hydrogen-bond acceptors (Lipinski definition) is 8. The van der Waals surface area contributed by atoms with Crippen molar-refractivity contribution in [3.8, 4) is 5.75 Å². The SMILES string of the molecule is CC(C)(C)OC(=O)COc1c(Cl)cc(Cl)cc1C(Nc1ccc(/C(N)=N\O)cc1)C(=O)[O-]. The summed E-state index contributed by atoms with van der Waals surface area (Å²) >= 11 is 12.3. The molecule has 1 atom stereocenters. The van der Waals surface area contributed by atoms with Gasteiger partial charge in [-0.15, -0.1) is 0 Å². The number of carboxylic acids is 1. The summed E-state index contributed by atoms with van der Waals surface area (Å²) in [4.78, 5) is 24.0. The molecule has 0 saturated carbocycles. The number of rotatable bonds is 8. The van der Waals surface area contributed by atoms with Gasteiger partial charge in [-0.05, 0) is 57.2 Å². The number of aliphatic carboxylic acids is 1. The van der Waals surface area contributed by atoms with Crippen molar-refractivity contribution in [3.05, 3.63) is 57.6 Å². The van der Waals surface area contributed by atoms with Gasteiger partial charge in [0.25, 0.3) is 0 Å². The van der Waals surface area contributed by atoms with Gasteiger partial charge in [-0.3, -0.25) is 0 Å². The van der Waals surface area contributed by atoms with Gasteiger partial charge in [0.2, 0.25) is 0 Å². The zero-order chi connectivity index (χ0) is 24.1. The van der Waals surface area contributed by atoms with Crippen molar-refractivity contribution in [3.63, 3.8) is 0 Å². The zero-order valence-corrected chi connectivity index (χ0v) is 19.0. The van der Waals surface area contributed by atoms with Crippen LogP contribution in [0.15, 0.2) is 41.6 Å². The molecule has 0 saturated heterocycles. The molecule has 11 heteroatoms. The number of carboxylic acid groups (broad SMARTS) is 1. The van der Waals surface area contributed by atoms with Crippen LogP contribution in [-0.2, 0) is 14.3 Å². The minimum Gasteiger partial charge on any atom is -0.548 e. The maximum absolute atomic E-state index is 12.0. The second-order valence-electron chi connectivity index (χ2n) is 7.64. The van der Waals surface area contributed by atoms with Crippen LogP contribution in [0, 0.1) is 0 Å². The Kier molecular flexibility index (Phi) is 8.18. The number of ether oxygens (including phenoxy) is 2. The van der Waals surface area contributed by atoms with E-state index in [2.05, 4.69) is 10.5 Å². The van der Waals surface area contributed by atoms with Crippen molar-refractivity contribution in [2.24, 2.45) is 10.9 Å². The summed E-state index contributed by atoms with van der Waals surface area (Å²) < 4.78 is 10.7. The molecule has 32 heavy (non-hydrogen) atoms. The van der Waals surface area contributed by atoms with E-state index >= 15 is 0 Å². The van der Waals surface area contributed by atoms with E-state index in [9.17, 15) is 14.7 Å². The van der Waals surface area contributed by atoms with Crippen molar-refractivity contribution in [1.82, 2.24) is 0 Å². The molecule has 0 radical (unpaired) electrons. The Morgan fingerprint density at radius 2 is 1.84 bits per heavy atom. The van der Waals surface area contributed by atoms with Gasteiger partial charge in [-0.1, -0.05) is 28.4 Å². The summed E-state index contributed by atoms with van der Waals surface area (Å²) in [6.07, 6.45) is 0. The fraction of sp³-hybridized carbons (Fsp3) is 0.286. The molecule has 9 nitrogen and oxygen atoms in total. The van der Waals surface area contributed by atoms with Gasteiger partial charge in [0.1, 0.15) is 11.4 Å². The Balaban J connectivity index is 2.34. The number of hydrogen-bond donors (Lipinski definition) is 3. The molecule has 172 valence electrons.